The van der Waals surface area contributed by atoms with Gasteiger partial charge in [-0.15, -0.1) is 0 Å². The van der Waals surface area contributed by atoms with Crippen LogP contribution in [-0.4, -0.2) is 23.5 Å². The predicted molar refractivity (Wildman–Crippen MR) is 197 cm³/mol. The van der Waals surface area contributed by atoms with Crippen LogP contribution in [0.25, 0.3) is 0 Å². The van der Waals surface area contributed by atoms with Crippen LogP contribution in [0.5, 0.6) is 0 Å². The van der Waals surface area contributed by atoms with E-state index in [4.69, 9.17) is 46.4 Å². The minimum Gasteiger partial charge on any atom is -0.277 e. The summed E-state index contributed by atoms with van der Waals surface area (Å²) in [5.41, 5.74) is 2.31. The number of nitrogens with zero attached hydrogens (tertiary/aromatic N) is 4. The lowest BCUT2D eigenvalue weighted by Gasteiger charge is -2.26. The van der Waals surface area contributed by atoms with E-state index in [0.717, 1.165) is 34.3 Å². The number of carbonyl (C=O) groups excluding carboxylic acids is 2. The molecule has 0 aliphatic carbocycles. The van der Waals surface area contributed by atoms with Gasteiger partial charge in [-0.1, -0.05) is 84.0 Å². The molecule has 2 unspecified atom stereocenters. The molecule has 6 rings (SSSR count). The molecule has 282 valence electrons. The molecule has 4 aromatic rings. The third-order valence-corrected chi connectivity index (χ3v) is 9.80. The maximum atomic E-state index is 14.6. The van der Waals surface area contributed by atoms with Crippen LogP contribution in [0.4, 0.5) is 49.1 Å². The third kappa shape index (κ3) is 7.83. The van der Waals surface area contributed by atoms with Crippen LogP contribution >= 0.6 is 46.4 Å². The largest absolute Gasteiger partial charge is 0.418 e. The predicted octanol–water partition coefficient (Wildman–Crippen LogP) is 10.8. The fourth-order valence-corrected chi connectivity index (χ4v) is 7.10. The smallest absolute Gasteiger partial charge is 0.277 e. The first-order valence-electron chi connectivity index (χ1n) is 16.1. The minimum atomic E-state index is -4.84. The second-order valence-corrected chi connectivity index (χ2v) is 13.9. The third-order valence-electron chi connectivity index (χ3n) is 8.69. The SMILES string of the molecule is CCCC(C1C(=O)N(c2cc(Cl)ccc2Cl)NC1=Nc1ccccc1C(F)(F)F)C1C(=O)N(c2cc(Cl)ccc2Cl)NC1=Nc1ccccc1C(F)(F)F. The van der Waals surface area contributed by atoms with E-state index >= 15 is 0 Å². The number of carbonyl (C=O) groups is 2. The number of hydrogen-bond donors (Lipinski definition) is 2. The molecule has 0 aromatic heterocycles. The van der Waals surface area contributed by atoms with E-state index < -0.39 is 64.4 Å². The number of para-hydroxylation sites is 2. The van der Waals surface area contributed by atoms with E-state index in [9.17, 15) is 35.9 Å². The number of hydrazine groups is 2. The van der Waals surface area contributed by atoms with Gasteiger partial charge in [0, 0.05) is 10.0 Å². The van der Waals surface area contributed by atoms with Gasteiger partial charge in [-0.3, -0.25) is 20.4 Å². The molecule has 2 atom stereocenters. The van der Waals surface area contributed by atoms with Crippen LogP contribution in [-0.2, 0) is 21.9 Å². The molecule has 2 amide bonds. The monoisotopic (exact) mass is 828 g/mol. The highest BCUT2D eigenvalue weighted by Crippen LogP contribution is 2.44. The first-order valence-corrected chi connectivity index (χ1v) is 17.6. The van der Waals surface area contributed by atoms with Gasteiger partial charge in [0.15, 0.2) is 0 Å². The molecule has 0 spiro atoms. The van der Waals surface area contributed by atoms with Crippen molar-refractivity contribution in [2.45, 2.75) is 32.1 Å². The van der Waals surface area contributed by atoms with Gasteiger partial charge in [-0.05, 0) is 73.0 Å². The summed E-state index contributed by atoms with van der Waals surface area (Å²) in [5.74, 6) is -6.37. The van der Waals surface area contributed by atoms with Crippen LogP contribution in [0.2, 0.25) is 20.1 Å². The maximum absolute atomic E-state index is 14.6. The highest BCUT2D eigenvalue weighted by molar-refractivity contribution is 6.37. The lowest BCUT2D eigenvalue weighted by atomic mass is 9.77. The summed E-state index contributed by atoms with van der Waals surface area (Å²) in [6.45, 7) is 1.73. The van der Waals surface area contributed by atoms with Crippen molar-refractivity contribution in [1.29, 1.82) is 0 Å². The lowest BCUT2D eigenvalue weighted by molar-refractivity contribution is -0.137. The Morgan fingerprint density at radius 2 is 1.04 bits per heavy atom. The molecule has 0 bridgehead atoms. The number of rotatable bonds is 8. The number of hydrogen-bond acceptors (Lipinski definition) is 4. The zero-order valence-electron chi connectivity index (χ0n) is 27.6. The summed E-state index contributed by atoms with van der Waals surface area (Å²) >= 11 is 25.4. The second-order valence-electron chi connectivity index (χ2n) is 12.2. The Balaban J connectivity index is 1.58. The quantitative estimate of drug-likeness (QED) is 0.173. The first-order chi connectivity index (χ1) is 25.5. The summed E-state index contributed by atoms with van der Waals surface area (Å²) in [6.07, 6.45) is -9.35. The van der Waals surface area contributed by atoms with Crippen LogP contribution in [0, 0.1) is 17.8 Å². The molecular weight excluding hydrogens is 804 g/mol. The number of amides is 2. The van der Waals surface area contributed by atoms with E-state index in [2.05, 4.69) is 20.8 Å². The number of aliphatic imine (C=N–C) groups is 2. The number of anilines is 2. The van der Waals surface area contributed by atoms with Crippen molar-refractivity contribution < 1.29 is 35.9 Å². The Morgan fingerprint density at radius 3 is 1.41 bits per heavy atom. The number of alkyl halides is 6. The fraction of sp³-hybridized carbons (Fsp3) is 0.222. The van der Waals surface area contributed by atoms with E-state index in [1.807, 2.05) is 0 Å². The fourth-order valence-electron chi connectivity index (χ4n) is 6.36. The van der Waals surface area contributed by atoms with Crippen molar-refractivity contribution in [1.82, 2.24) is 10.9 Å². The van der Waals surface area contributed by atoms with Gasteiger partial charge in [0.25, 0.3) is 11.8 Å². The van der Waals surface area contributed by atoms with E-state index in [1.165, 1.54) is 60.7 Å². The molecule has 4 aromatic carbocycles. The standard InChI is InChI=1S/C36H26Cl4F6N6O2/c1-2-7-20(29-31(47-25-10-5-3-8-21(25)35(41,42)43)49-51(33(29)53)27-16-18(37)12-14-23(27)39)30-32(48-26-11-6-4-9-22(26)36(44,45)46)50-52(34(30)54)28-17-19(38)13-15-24(28)40/h3-6,8-17,20,29-30H,2,7H2,1H3,(H,47,49)(H,48,50). The Kier molecular flexibility index (Phi) is 11.1. The average molecular weight is 830 g/mol. The van der Waals surface area contributed by atoms with Gasteiger partial charge in [-0.2, -0.15) is 26.3 Å². The van der Waals surface area contributed by atoms with Gasteiger partial charge in [0.1, 0.15) is 23.5 Å². The van der Waals surface area contributed by atoms with Crippen LogP contribution in [0.1, 0.15) is 30.9 Å². The molecule has 2 aliphatic rings. The normalized spacial score (nSPS) is 19.8. The molecular formula is C36H26Cl4F6N6O2. The summed E-state index contributed by atoms with van der Waals surface area (Å²) in [6, 6.07) is 17.3. The minimum absolute atomic E-state index is 0.0277. The van der Waals surface area contributed by atoms with Crippen molar-refractivity contribution in [3.63, 3.8) is 0 Å². The summed E-state index contributed by atoms with van der Waals surface area (Å²) in [4.78, 5) is 37.9. The average Bonchev–Trinajstić information content (AvgIpc) is 3.60. The summed E-state index contributed by atoms with van der Waals surface area (Å²) in [7, 11) is 0. The number of halogens is 10. The van der Waals surface area contributed by atoms with Gasteiger partial charge < -0.3 is 0 Å². The van der Waals surface area contributed by atoms with E-state index in [0.29, 0.717) is 6.42 Å². The molecule has 2 fully saturated rings. The number of benzene rings is 4. The van der Waals surface area contributed by atoms with Gasteiger partial charge in [0.05, 0.1) is 43.9 Å². The lowest BCUT2D eigenvalue weighted by Crippen LogP contribution is -2.39. The van der Waals surface area contributed by atoms with Crippen molar-refractivity contribution >= 4 is 92.6 Å². The van der Waals surface area contributed by atoms with E-state index in [1.54, 1.807) is 6.92 Å². The zero-order valence-corrected chi connectivity index (χ0v) is 30.6. The Bertz CT molecular complexity index is 2030. The van der Waals surface area contributed by atoms with Crippen molar-refractivity contribution in [3.05, 3.63) is 116 Å². The second kappa shape index (κ2) is 15.3. The van der Waals surface area contributed by atoms with Crippen LogP contribution in [0.3, 0.4) is 0 Å². The van der Waals surface area contributed by atoms with Crippen molar-refractivity contribution in [3.8, 4) is 0 Å². The molecule has 2 aliphatic heterocycles. The van der Waals surface area contributed by atoms with Crippen molar-refractivity contribution in [2.75, 3.05) is 10.0 Å². The van der Waals surface area contributed by atoms with Crippen LogP contribution in [0.15, 0.2) is 94.9 Å². The molecule has 0 saturated carbocycles. The Hall–Kier alpha value is -4.50. The molecule has 2 saturated heterocycles. The highest BCUT2D eigenvalue weighted by atomic mass is 35.5. The van der Waals surface area contributed by atoms with Crippen LogP contribution < -0.4 is 20.9 Å². The molecule has 2 N–H and O–H groups in total. The molecule has 18 heteroatoms. The maximum Gasteiger partial charge on any atom is 0.418 e. The summed E-state index contributed by atoms with van der Waals surface area (Å²) < 4.78 is 85.1. The summed E-state index contributed by atoms with van der Waals surface area (Å²) in [5, 5.41) is 2.33. The zero-order chi connectivity index (χ0) is 39.1. The Labute approximate surface area is 324 Å². The van der Waals surface area contributed by atoms with E-state index in [-0.39, 0.29) is 49.6 Å². The Morgan fingerprint density at radius 1 is 0.648 bits per heavy atom. The van der Waals surface area contributed by atoms with Gasteiger partial charge in [-0.25, -0.2) is 20.0 Å². The first kappa shape index (κ1) is 39.2. The molecule has 54 heavy (non-hydrogen) atoms. The van der Waals surface area contributed by atoms with Gasteiger partial charge in [0.2, 0.25) is 0 Å². The highest BCUT2D eigenvalue weighted by Gasteiger charge is 2.53. The topological polar surface area (TPSA) is 89.4 Å². The number of amidine groups is 2. The van der Waals surface area contributed by atoms with Crippen molar-refractivity contribution in [2.24, 2.45) is 27.7 Å². The molecule has 0 radical (unpaired) electrons. The number of nitrogens with one attached hydrogen (secondary N) is 2. The molecule has 8 nitrogen and oxygen atoms in total. The van der Waals surface area contributed by atoms with Gasteiger partial charge >= 0.3 is 12.4 Å². The molecule has 2 heterocycles.